The van der Waals surface area contributed by atoms with Crippen LogP contribution >= 0.6 is 0 Å². The maximum atomic E-state index is 4.18. The average Bonchev–Trinajstić information content (AvgIpc) is 2.56. The van der Waals surface area contributed by atoms with Gasteiger partial charge in [-0.15, -0.1) is 0 Å². The summed E-state index contributed by atoms with van der Waals surface area (Å²) in [6.45, 7) is 9.17. The highest BCUT2D eigenvalue weighted by molar-refractivity contribution is 5.58. The van der Waals surface area contributed by atoms with Gasteiger partial charge in [0.1, 0.15) is 0 Å². The molecule has 2 atom stereocenters. The molecular formula is C13H20N2. The lowest BCUT2D eigenvalue weighted by molar-refractivity contribution is 0.385. The van der Waals surface area contributed by atoms with Crippen molar-refractivity contribution in [3.63, 3.8) is 0 Å². The van der Waals surface area contributed by atoms with E-state index in [1.54, 1.807) is 0 Å². The Morgan fingerprint density at radius 3 is 2.53 bits per heavy atom. The van der Waals surface area contributed by atoms with E-state index >= 15 is 0 Å². The predicted octanol–water partition coefficient (Wildman–Crippen LogP) is 3.27. The molecule has 0 aromatic carbocycles. The lowest BCUT2D eigenvalue weighted by atomic mass is 9.81. The first-order chi connectivity index (χ1) is 7.11. The second-order valence-corrected chi connectivity index (χ2v) is 5.15. The second kappa shape index (κ2) is 3.84. The van der Waals surface area contributed by atoms with Crippen molar-refractivity contribution in [2.24, 2.45) is 11.8 Å². The Balaban J connectivity index is 2.38. The van der Waals surface area contributed by atoms with E-state index in [1.807, 2.05) is 12.4 Å². The smallest absolute Gasteiger partial charge is 0.0565 e. The SMILES string of the molecule is CC(C)C1Nc2cnccc2C1C(C)C. The van der Waals surface area contributed by atoms with E-state index in [-0.39, 0.29) is 0 Å². The molecule has 1 aliphatic rings. The number of aromatic nitrogens is 1. The monoisotopic (exact) mass is 204 g/mol. The minimum atomic E-state index is 0.559. The lowest BCUT2D eigenvalue weighted by Crippen LogP contribution is -2.29. The Morgan fingerprint density at radius 1 is 1.20 bits per heavy atom. The fourth-order valence-electron chi connectivity index (χ4n) is 2.63. The van der Waals surface area contributed by atoms with Crippen molar-refractivity contribution in [2.75, 3.05) is 5.32 Å². The van der Waals surface area contributed by atoms with Crippen molar-refractivity contribution in [3.8, 4) is 0 Å². The highest BCUT2D eigenvalue weighted by Crippen LogP contribution is 2.42. The predicted molar refractivity (Wildman–Crippen MR) is 64.1 cm³/mol. The Hall–Kier alpha value is -1.05. The number of nitrogens with one attached hydrogen (secondary N) is 1. The zero-order chi connectivity index (χ0) is 11.0. The molecule has 2 rings (SSSR count). The summed E-state index contributed by atoms with van der Waals surface area (Å²) in [5.41, 5.74) is 2.67. The third-order valence-corrected chi connectivity index (χ3v) is 3.36. The van der Waals surface area contributed by atoms with Crippen LogP contribution < -0.4 is 5.32 Å². The molecule has 1 aromatic rings. The van der Waals surface area contributed by atoms with Gasteiger partial charge in [0.2, 0.25) is 0 Å². The van der Waals surface area contributed by atoms with Crippen LogP contribution in [-0.4, -0.2) is 11.0 Å². The summed E-state index contributed by atoms with van der Waals surface area (Å²) >= 11 is 0. The van der Waals surface area contributed by atoms with Crippen LogP contribution in [0.4, 0.5) is 5.69 Å². The van der Waals surface area contributed by atoms with Gasteiger partial charge in [-0.2, -0.15) is 0 Å². The Labute approximate surface area is 92.1 Å². The fraction of sp³-hybridized carbons (Fsp3) is 0.615. The van der Waals surface area contributed by atoms with Gasteiger partial charge >= 0.3 is 0 Å². The first-order valence-electron chi connectivity index (χ1n) is 5.81. The van der Waals surface area contributed by atoms with E-state index in [9.17, 15) is 0 Å². The third-order valence-electron chi connectivity index (χ3n) is 3.36. The zero-order valence-electron chi connectivity index (χ0n) is 9.99. The molecule has 0 amide bonds. The first kappa shape index (κ1) is 10.5. The molecule has 0 spiro atoms. The molecule has 1 aliphatic heterocycles. The number of anilines is 1. The largest absolute Gasteiger partial charge is 0.380 e. The number of hydrogen-bond acceptors (Lipinski definition) is 2. The zero-order valence-corrected chi connectivity index (χ0v) is 9.99. The van der Waals surface area contributed by atoms with Crippen molar-refractivity contribution >= 4 is 5.69 Å². The molecule has 0 bridgehead atoms. The molecule has 0 radical (unpaired) electrons. The summed E-state index contributed by atoms with van der Waals surface area (Å²) in [5.74, 6) is 1.96. The van der Waals surface area contributed by atoms with Crippen LogP contribution in [-0.2, 0) is 0 Å². The Morgan fingerprint density at radius 2 is 1.93 bits per heavy atom. The van der Waals surface area contributed by atoms with Gasteiger partial charge in [-0.25, -0.2) is 0 Å². The van der Waals surface area contributed by atoms with Crippen molar-refractivity contribution in [3.05, 3.63) is 24.0 Å². The Kier molecular flexibility index (Phi) is 2.68. The molecule has 0 saturated carbocycles. The molecule has 2 nitrogen and oxygen atoms in total. The van der Waals surface area contributed by atoms with Crippen molar-refractivity contribution in [1.29, 1.82) is 0 Å². The number of rotatable bonds is 2. The van der Waals surface area contributed by atoms with Crippen LogP contribution in [0, 0.1) is 11.8 Å². The quantitative estimate of drug-likeness (QED) is 0.799. The third kappa shape index (κ3) is 1.73. The molecule has 1 N–H and O–H groups in total. The van der Waals surface area contributed by atoms with Gasteiger partial charge < -0.3 is 5.32 Å². The van der Waals surface area contributed by atoms with E-state index in [0.29, 0.717) is 23.8 Å². The number of hydrogen-bond donors (Lipinski definition) is 1. The van der Waals surface area contributed by atoms with Crippen molar-refractivity contribution < 1.29 is 0 Å². The highest BCUT2D eigenvalue weighted by Gasteiger charge is 2.35. The summed E-state index contributed by atoms with van der Waals surface area (Å²) in [6, 6.07) is 2.72. The second-order valence-electron chi connectivity index (χ2n) is 5.15. The number of fused-ring (bicyclic) bond motifs is 1. The summed E-state index contributed by atoms with van der Waals surface area (Å²) in [6.07, 6.45) is 3.85. The van der Waals surface area contributed by atoms with Gasteiger partial charge in [0, 0.05) is 18.2 Å². The topological polar surface area (TPSA) is 24.9 Å². The average molecular weight is 204 g/mol. The number of pyridine rings is 1. The minimum Gasteiger partial charge on any atom is -0.380 e. The van der Waals surface area contributed by atoms with Gasteiger partial charge in [-0.05, 0) is 23.5 Å². The molecule has 0 fully saturated rings. The summed E-state index contributed by atoms with van der Waals surface area (Å²) in [4.78, 5) is 4.18. The molecular weight excluding hydrogens is 184 g/mol. The lowest BCUT2D eigenvalue weighted by Gasteiger charge is -2.26. The van der Waals surface area contributed by atoms with E-state index in [2.05, 4.69) is 44.1 Å². The van der Waals surface area contributed by atoms with Crippen LogP contribution in [0.25, 0.3) is 0 Å². The van der Waals surface area contributed by atoms with Crippen molar-refractivity contribution in [1.82, 2.24) is 4.98 Å². The van der Waals surface area contributed by atoms with Crippen LogP contribution in [0.1, 0.15) is 39.2 Å². The van der Waals surface area contributed by atoms with E-state index in [1.165, 1.54) is 11.3 Å². The maximum absolute atomic E-state index is 4.18. The molecule has 15 heavy (non-hydrogen) atoms. The summed E-state index contributed by atoms with van der Waals surface area (Å²) in [7, 11) is 0. The molecule has 0 saturated heterocycles. The fourth-order valence-corrected chi connectivity index (χ4v) is 2.63. The summed E-state index contributed by atoms with van der Waals surface area (Å²) in [5, 5.41) is 3.60. The highest BCUT2D eigenvalue weighted by atomic mass is 15.0. The van der Waals surface area contributed by atoms with E-state index in [0.717, 1.165) is 0 Å². The van der Waals surface area contributed by atoms with Crippen LogP contribution in [0.2, 0.25) is 0 Å². The normalized spacial score (nSPS) is 24.4. The van der Waals surface area contributed by atoms with Crippen LogP contribution in [0.15, 0.2) is 18.5 Å². The van der Waals surface area contributed by atoms with Gasteiger partial charge in [0.15, 0.2) is 0 Å². The molecule has 2 heterocycles. The molecule has 2 heteroatoms. The molecule has 0 aliphatic carbocycles. The molecule has 82 valence electrons. The molecule has 1 aromatic heterocycles. The van der Waals surface area contributed by atoms with Gasteiger partial charge in [0.25, 0.3) is 0 Å². The van der Waals surface area contributed by atoms with Crippen LogP contribution in [0.3, 0.4) is 0 Å². The first-order valence-corrected chi connectivity index (χ1v) is 5.81. The van der Waals surface area contributed by atoms with E-state index < -0.39 is 0 Å². The van der Waals surface area contributed by atoms with E-state index in [4.69, 9.17) is 0 Å². The standard InChI is InChI=1S/C13H20N2/c1-8(2)12-10-5-6-14-7-11(10)15-13(12)9(3)4/h5-9,12-13,15H,1-4H3. The summed E-state index contributed by atoms with van der Waals surface area (Å²) < 4.78 is 0. The van der Waals surface area contributed by atoms with Gasteiger partial charge in [-0.3, -0.25) is 4.98 Å². The number of nitrogens with zero attached hydrogens (tertiary/aromatic N) is 1. The van der Waals surface area contributed by atoms with Crippen molar-refractivity contribution in [2.45, 2.75) is 39.7 Å². The maximum Gasteiger partial charge on any atom is 0.0565 e. The van der Waals surface area contributed by atoms with Crippen LogP contribution in [0.5, 0.6) is 0 Å². The van der Waals surface area contributed by atoms with Gasteiger partial charge in [0.05, 0.1) is 11.9 Å². The molecule has 2 unspecified atom stereocenters. The Bertz CT molecular complexity index is 344. The minimum absolute atomic E-state index is 0.559. The van der Waals surface area contributed by atoms with Gasteiger partial charge in [-0.1, -0.05) is 27.7 Å².